The summed E-state index contributed by atoms with van der Waals surface area (Å²) in [4.78, 5) is 8.77. The summed E-state index contributed by atoms with van der Waals surface area (Å²) in [5.74, 6) is 0.595. The maximum absolute atomic E-state index is 14.4. The molecular formula is C21H37FIN5O. The molecule has 0 bridgehead atoms. The monoisotopic (exact) mass is 521 g/mol. The molecule has 1 aromatic rings. The summed E-state index contributed by atoms with van der Waals surface area (Å²) in [5.41, 5.74) is 1.57. The smallest absolute Gasteiger partial charge is 0.191 e. The number of guanidine groups is 1. The summed E-state index contributed by atoms with van der Waals surface area (Å²) in [6, 6.07) is 5.87. The second kappa shape index (κ2) is 14.0. The van der Waals surface area contributed by atoms with Crippen molar-refractivity contribution in [2.45, 2.75) is 39.3 Å². The molecule has 0 radical (unpaired) electrons. The van der Waals surface area contributed by atoms with Crippen LogP contribution in [0, 0.1) is 5.82 Å². The number of piperidine rings is 1. The number of halogens is 2. The van der Waals surface area contributed by atoms with Crippen LogP contribution in [-0.2, 0) is 11.3 Å². The average Bonchev–Trinajstić information content (AvgIpc) is 2.72. The van der Waals surface area contributed by atoms with Crippen molar-refractivity contribution >= 4 is 35.6 Å². The molecule has 1 fully saturated rings. The summed E-state index contributed by atoms with van der Waals surface area (Å²) >= 11 is 0. The van der Waals surface area contributed by atoms with Crippen molar-refractivity contribution in [1.82, 2.24) is 15.5 Å². The summed E-state index contributed by atoms with van der Waals surface area (Å²) in [7, 11) is 3.51. The van der Waals surface area contributed by atoms with E-state index in [2.05, 4.69) is 20.5 Å². The first-order valence-electron chi connectivity index (χ1n) is 10.3. The molecule has 29 heavy (non-hydrogen) atoms. The Morgan fingerprint density at radius 3 is 2.52 bits per heavy atom. The number of anilines is 1. The van der Waals surface area contributed by atoms with Crippen LogP contribution < -0.4 is 15.5 Å². The summed E-state index contributed by atoms with van der Waals surface area (Å²) in [6.45, 7) is 10.1. The molecule has 6 nitrogen and oxygen atoms in total. The van der Waals surface area contributed by atoms with Gasteiger partial charge in [-0.05, 0) is 44.4 Å². The Morgan fingerprint density at radius 2 is 1.97 bits per heavy atom. The molecule has 2 rings (SSSR count). The Kier molecular flexibility index (Phi) is 12.5. The molecular weight excluding hydrogens is 484 g/mol. The number of nitrogens with one attached hydrogen (secondary N) is 2. The van der Waals surface area contributed by atoms with Gasteiger partial charge in [-0.2, -0.15) is 0 Å². The zero-order valence-electron chi connectivity index (χ0n) is 18.2. The predicted molar refractivity (Wildman–Crippen MR) is 130 cm³/mol. The van der Waals surface area contributed by atoms with Crippen molar-refractivity contribution in [2.24, 2.45) is 4.99 Å². The molecule has 0 unspecified atom stereocenters. The van der Waals surface area contributed by atoms with Crippen LogP contribution in [0.1, 0.15) is 32.3 Å². The topological polar surface area (TPSA) is 52.1 Å². The van der Waals surface area contributed by atoms with Crippen LogP contribution in [0.25, 0.3) is 0 Å². The van der Waals surface area contributed by atoms with Crippen LogP contribution >= 0.6 is 24.0 Å². The molecule has 1 aliphatic rings. The summed E-state index contributed by atoms with van der Waals surface area (Å²) in [6.07, 6.45) is 2.16. The molecule has 1 aliphatic heterocycles. The maximum atomic E-state index is 14.4. The van der Waals surface area contributed by atoms with Crippen molar-refractivity contribution < 1.29 is 9.13 Å². The average molecular weight is 521 g/mol. The van der Waals surface area contributed by atoms with Gasteiger partial charge in [-0.15, -0.1) is 24.0 Å². The molecule has 166 valence electrons. The van der Waals surface area contributed by atoms with E-state index in [1.807, 2.05) is 30.9 Å². The van der Waals surface area contributed by atoms with Gasteiger partial charge in [0.15, 0.2) is 5.96 Å². The first kappa shape index (κ1) is 25.9. The number of likely N-dealkylation sites (tertiary alicyclic amines) is 1. The highest BCUT2D eigenvalue weighted by molar-refractivity contribution is 14.0. The normalized spacial score (nSPS) is 15.7. The minimum absolute atomic E-state index is 0. The lowest BCUT2D eigenvalue weighted by molar-refractivity contribution is 0.128. The second-order valence-corrected chi connectivity index (χ2v) is 7.14. The fraction of sp³-hybridized carbons (Fsp3) is 0.667. The van der Waals surface area contributed by atoms with Gasteiger partial charge in [0.1, 0.15) is 5.82 Å². The van der Waals surface area contributed by atoms with Crippen molar-refractivity contribution in [3.05, 3.63) is 29.6 Å². The van der Waals surface area contributed by atoms with Crippen LogP contribution in [0.15, 0.2) is 23.2 Å². The Balaban J connectivity index is 0.00000420. The van der Waals surface area contributed by atoms with Crippen LogP contribution in [0.3, 0.4) is 0 Å². The maximum Gasteiger partial charge on any atom is 0.191 e. The Morgan fingerprint density at radius 1 is 1.28 bits per heavy atom. The molecule has 0 spiro atoms. The van der Waals surface area contributed by atoms with Crippen LogP contribution in [0.4, 0.5) is 10.1 Å². The first-order valence-corrected chi connectivity index (χ1v) is 10.3. The molecule has 2 N–H and O–H groups in total. The standard InChI is InChI=1S/C21H36FN5O.HI/c1-5-27(6-2)20-8-7-17(15-19(20)22)16-24-21(23-3)25-18-9-11-26(12-10-18)13-14-28-4;/h7-8,15,18H,5-6,9-14,16H2,1-4H3,(H2,23,24,25);1H. The van der Waals surface area contributed by atoms with Gasteiger partial charge in [0.2, 0.25) is 0 Å². The number of methoxy groups -OCH3 is 1. The minimum atomic E-state index is -0.172. The van der Waals surface area contributed by atoms with Crippen molar-refractivity contribution in [3.8, 4) is 0 Å². The zero-order valence-corrected chi connectivity index (χ0v) is 20.5. The highest BCUT2D eigenvalue weighted by atomic mass is 127. The lowest BCUT2D eigenvalue weighted by atomic mass is 10.1. The number of ether oxygens (including phenoxy) is 1. The third-order valence-electron chi connectivity index (χ3n) is 5.34. The SMILES string of the molecule is CCN(CC)c1ccc(CNC(=NC)NC2CCN(CCOC)CC2)cc1F.I. The number of hydrogen-bond acceptors (Lipinski definition) is 4. The van der Waals surface area contributed by atoms with Crippen LogP contribution in [-0.4, -0.2) is 70.4 Å². The Labute approximate surface area is 192 Å². The Hall–Kier alpha value is -1.13. The highest BCUT2D eigenvalue weighted by Gasteiger charge is 2.19. The largest absolute Gasteiger partial charge is 0.383 e. The number of hydrogen-bond donors (Lipinski definition) is 2. The molecule has 1 saturated heterocycles. The first-order chi connectivity index (χ1) is 13.6. The fourth-order valence-electron chi connectivity index (χ4n) is 3.58. The third-order valence-corrected chi connectivity index (χ3v) is 5.34. The van der Waals surface area contributed by atoms with Crippen molar-refractivity contribution in [3.63, 3.8) is 0 Å². The fourth-order valence-corrected chi connectivity index (χ4v) is 3.58. The van der Waals surface area contributed by atoms with Gasteiger partial charge in [0.25, 0.3) is 0 Å². The van der Waals surface area contributed by atoms with Crippen LogP contribution in [0.5, 0.6) is 0 Å². The van der Waals surface area contributed by atoms with E-state index in [4.69, 9.17) is 4.74 Å². The zero-order chi connectivity index (χ0) is 20.4. The van der Waals surface area contributed by atoms with E-state index in [-0.39, 0.29) is 29.8 Å². The van der Waals surface area contributed by atoms with E-state index in [9.17, 15) is 4.39 Å². The summed E-state index contributed by atoms with van der Waals surface area (Å²) in [5, 5.41) is 6.80. The van der Waals surface area contributed by atoms with Crippen LogP contribution in [0.2, 0.25) is 0 Å². The molecule has 0 atom stereocenters. The molecule has 1 aromatic carbocycles. The lowest BCUT2D eigenvalue weighted by Gasteiger charge is -2.32. The van der Waals surface area contributed by atoms with E-state index in [0.29, 0.717) is 18.3 Å². The predicted octanol–water partition coefficient (Wildman–Crippen LogP) is 3.07. The van der Waals surface area contributed by atoms with Gasteiger partial charge < -0.3 is 25.2 Å². The number of benzene rings is 1. The molecule has 0 aromatic heterocycles. The van der Waals surface area contributed by atoms with Crippen molar-refractivity contribution in [2.75, 3.05) is 58.4 Å². The van der Waals surface area contributed by atoms with E-state index in [0.717, 1.165) is 63.7 Å². The Bertz CT molecular complexity index is 619. The second-order valence-electron chi connectivity index (χ2n) is 7.14. The quantitative estimate of drug-likeness (QED) is 0.297. The van der Waals surface area contributed by atoms with Gasteiger partial charge in [-0.25, -0.2) is 4.39 Å². The van der Waals surface area contributed by atoms with E-state index < -0.39 is 0 Å². The summed E-state index contributed by atoms with van der Waals surface area (Å²) < 4.78 is 19.6. The number of aliphatic imine (C=N–C) groups is 1. The van der Waals surface area contributed by atoms with Gasteiger partial charge in [0, 0.05) is 59.5 Å². The molecule has 1 heterocycles. The van der Waals surface area contributed by atoms with E-state index in [1.54, 1.807) is 20.2 Å². The molecule has 8 heteroatoms. The highest BCUT2D eigenvalue weighted by Crippen LogP contribution is 2.20. The van der Waals surface area contributed by atoms with Crippen molar-refractivity contribution in [1.29, 1.82) is 0 Å². The lowest BCUT2D eigenvalue weighted by Crippen LogP contribution is -2.48. The molecule has 0 saturated carbocycles. The van der Waals surface area contributed by atoms with Gasteiger partial charge >= 0.3 is 0 Å². The minimum Gasteiger partial charge on any atom is -0.383 e. The number of rotatable bonds is 9. The third kappa shape index (κ3) is 8.25. The van der Waals surface area contributed by atoms with Gasteiger partial charge in [0.05, 0.1) is 12.3 Å². The van der Waals surface area contributed by atoms with Gasteiger partial charge in [-0.3, -0.25) is 4.99 Å². The molecule has 0 aliphatic carbocycles. The van der Waals surface area contributed by atoms with E-state index in [1.165, 1.54) is 0 Å². The van der Waals surface area contributed by atoms with E-state index >= 15 is 0 Å². The van der Waals surface area contributed by atoms with Gasteiger partial charge in [-0.1, -0.05) is 6.07 Å². The number of nitrogens with zero attached hydrogens (tertiary/aromatic N) is 3. The molecule has 0 amide bonds.